The fourth-order valence-corrected chi connectivity index (χ4v) is 1.51. The fourth-order valence-electron chi connectivity index (χ4n) is 1.33. The Labute approximate surface area is 98.3 Å². The average molecular weight is 246 g/mol. The third-order valence-corrected chi connectivity index (χ3v) is 2.48. The number of carbonyl (C=O) groups is 1. The Balaban J connectivity index is 2.68. The van der Waals surface area contributed by atoms with Crippen LogP contribution in [0.1, 0.15) is 24.4 Å². The molecule has 0 spiro atoms. The van der Waals surface area contributed by atoms with Crippen molar-refractivity contribution in [2.24, 2.45) is 5.73 Å². The molecule has 88 valence electrons. The summed E-state index contributed by atoms with van der Waals surface area (Å²) >= 11 is 5.74. The zero-order chi connectivity index (χ0) is 12.1. The second kappa shape index (κ2) is 5.82. The molecule has 0 aliphatic rings. The van der Waals surface area contributed by atoms with Gasteiger partial charge in [-0.1, -0.05) is 11.6 Å². The quantitative estimate of drug-likeness (QED) is 0.829. The minimum absolute atomic E-state index is 0.156. The van der Waals surface area contributed by atoms with Crippen LogP contribution in [0.3, 0.4) is 0 Å². The number of rotatable bonds is 4. The van der Waals surface area contributed by atoms with Gasteiger partial charge in [-0.3, -0.25) is 4.79 Å². The Bertz CT molecular complexity index is 384. The molecule has 1 aromatic carbocycles. The zero-order valence-corrected chi connectivity index (χ0v) is 9.63. The van der Waals surface area contributed by atoms with Crippen molar-refractivity contribution in [3.63, 3.8) is 0 Å². The van der Waals surface area contributed by atoms with Crippen molar-refractivity contribution in [2.45, 2.75) is 18.9 Å². The van der Waals surface area contributed by atoms with Gasteiger partial charge >= 0.3 is 5.97 Å². The van der Waals surface area contributed by atoms with Crippen molar-refractivity contribution in [1.82, 2.24) is 0 Å². The number of benzene rings is 1. The second-order valence-electron chi connectivity index (χ2n) is 3.39. The minimum atomic E-state index is -0.558. The number of esters is 1. The first-order chi connectivity index (χ1) is 7.54. The van der Waals surface area contributed by atoms with Crippen molar-refractivity contribution in [1.29, 1.82) is 0 Å². The third-order valence-electron chi connectivity index (χ3n) is 2.24. The zero-order valence-electron chi connectivity index (χ0n) is 8.87. The van der Waals surface area contributed by atoms with E-state index in [4.69, 9.17) is 17.3 Å². The van der Waals surface area contributed by atoms with Crippen molar-refractivity contribution in [3.05, 3.63) is 34.6 Å². The van der Waals surface area contributed by atoms with Gasteiger partial charge in [0.05, 0.1) is 7.11 Å². The van der Waals surface area contributed by atoms with Gasteiger partial charge in [-0.2, -0.15) is 0 Å². The van der Waals surface area contributed by atoms with Gasteiger partial charge in [-0.15, -0.1) is 0 Å². The predicted octanol–water partition coefficient (Wildman–Crippen LogP) is 2.43. The van der Waals surface area contributed by atoms with E-state index in [0.717, 1.165) is 0 Å². The molecule has 1 atom stereocenters. The lowest BCUT2D eigenvalue weighted by atomic mass is 10.0. The van der Waals surface area contributed by atoms with Gasteiger partial charge in [0, 0.05) is 23.0 Å². The molecule has 3 nitrogen and oxygen atoms in total. The summed E-state index contributed by atoms with van der Waals surface area (Å²) in [5, 5.41) is 0.421. The highest BCUT2D eigenvalue weighted by molar-refractivity contribution is 6.30. The van der Waals surface area contributed by atoms with Gasteiger partial charge < -0.3 is 10.5 Å². The molecule has 0 amide bonds. The molecule has 1 aromatic rings. The maximum Gasteiger partial charge on any atom is 0.305 e. The van der Waals surface area contributed by atoms with Crippen LogP contribution in [0.5, 0.6) is 0 Å². The largest absolute Gasteiger partial charge is 0.469 e. The van der Waals surface area contributed by atoms with Crippen molar-refractivity contribution < 1.29 is 13.9 Å². The van der Waals surface area contributed by atoms with Crippen molar-refractivity contribution >= 4 is 17.6 Å². The number of ether oxygens (including phenoxy) is 1. The van der Waals surface area contributed by atoms with Crippen molar-refractivity contribution in [2.75, 3.05) is 7.11 Å². The molecule has 0 aliphatic heterocycles. The highest BCUT2D eigenvalue weighted by Gasteiger charge is 2.13. The smallest absolute Gasteiger partial charge is 0.305 e. The molecule has 0 bridgehead atoms. The molecule has 0 saturated carbocycles. The van der Waals surface area contributed by atoms with Crippen LogP contribution in [0.15, 0.2) is 18.2 Å². The lowest BCUT2D eigenvalue weighted by Gasteiger charge is -2.12. The Hall–Kier alpha value is -1.13. The summed E-state index contributed by atoms with van der Waals surface area (Å²) in [5.74, 6) is -0.778. The first kappa shape index (κ1) is 12.9. The van der Waals surface area contributed by atoms with Gasteiger partial charge in [-0.25, -0.2) is 4.39 Å². The topological polar surface area (TPSA) is 52.3 Å². The molecular weight excluding hydrogens is 233 g/mol. The maximum atomic E-state index is 13.4. The summed E-state index contributed by atoms with van der Waals surface area (Å²) in [7, 11) is 1.30. The maximum absolute atomic E-state index is 13.4. The molecular formula is C11H13ClFNO2. The molecule has 0 aliphatic carbocycles. The van der Waals surface area contributed by atoms with Gasteiger partial charge in [0.25, 0.3) is 0 Å². The Morgan fingerprint density at radius 2 is 2.31 bits per heavy atom. The number of carbonyl (C=O) groups excluding carboxylic acids is 1. The van der Waals surface area contributed by atoms with Crippen LogP contribution in [-0.4, -0.2) is 13.1 Å². The van der Waals surface area contributed by atoms with Crippen LogP contribution in [0.2, 0.25) is 5.02 Å². The highest BCUT2D eigenvalue weighted by atomic mass is 35.5. The molecule has 1 rings (SSSR count). The molecule has 0 heterocycles. The predicted molar refractivity (Wildman–Crippen MR) is 59.6 cm³/mol. The monoisotopic (exact) mass is 245 g/mol. The van der Waals surface area contributed by atoms with Gasteiger partial charge in [0.2, 0.25) is 0 Å². The number of nitrogens with two attached hydrogens (primary N) is 1. The molecule has 0 fully saturated rings. The van der Waals surface area contributed by atoms with E-state index < -0.39 is 11.9 Å². The first-order valence-corrected chi connectivity index (χ1v) is 5.19. The molecule has 16 heavy (non-hydrogen) atoms. The minimum Gasteiger partial charge on any atom is -0.469 e. The lowest BCUT2D eigenvalue weighted by Crippen LogP contribution is -2.14. The van der Waals surface area contributed by atoms with Crippen LogP contribution in [0.4, 0.5) is 4.39 Å². The van der Waals surface area contributed by atoms with Crippen molar-refractivity contribution in [3.8, 4) is 0 Å². The highest BCUT2D eigenvalue weighted by Crippen LogP contribution is 2.22. The molecule has 2 N–H and O–H groups in total. The summed E-state index contributed by atoms with van der Waals surface area (Å²) in [5.41, 5.74) is 6.08. The summed E-state index contributed by atoms with van der Waals surface area (Å²) < 4.78 is 17.8. The van der Waals surface area contributed by atoms with E-state index >= 15 is 0 Å². The number of hydrogen-bond acceptors (Lipinski definition) is 3. The van der Waals surface area contributed by atoms with Gasteiger partial charge in [0.15, 0.2) is 0 Å². The normalized spacial score (nSPS) is 12.2. The van der Waals surface area contributed by atoms with E-state index in [2.05, 4.69) is 4.74 Å². The van der Waals surface area contributed by atoms with Gasteiger partial charge in [0.1, 0.15) is 5.82 Å². The molecule has 5 heteroatoms. The van der Waals surface area contributed by atoms with E-state index in [0.29, 0.717) is 17.0 Å². The third kappa shape index (κ3) is 3.47. The van der Waals surface area contributed by atoms with E-state index in [-0.39, 0.29) is 12.4 Å². The molecule has 1 unspecified atom stereocenters. The van der Waals surface area contributed by atoms with E-state index in [9.17, 15) is 9.18 Å². The summed E-state index contributed by atoms with van der Waals surface area (Å²) in [4.78, 5) is 10.9. The Kier molecular flexibility index (Phi) is 4.71. The lowest BCUT2D eigenvalue weighted by molar-refractivity contribution is -0.140. The van der Waals surface area contributed by atoms with E-state index in [1.54, 1.807) is 0 Å². The van der Waals surface area contributed by atoms with E-state index in [1.165, 1.54) is 25.3 Å². The summed E-state index contributed by atoms with van der Waals surface area (Å²) in [6, 6.07) is 3.62. The standard InChI is InChI=1S/C11H13ClFNO2/c1-16-11(15)5-4-10(14)8-6-7(12)2-3-9(8)13/h2-3,6,10H,4-5,14H2,1H3. The fraction of sp³-hybridized carbons (Fsp3) is 0.364. The van der Waals surface area contributed by atoms with E-state index in [1.807, 2.05) is 0 Å². The first-order valence-electron chi connectivity index (χ1n) is 4.82. The Morgan fingerprint density at radius 1 is 1.62 bits per heavy atom. The SMILES string of the molecule is COC(=O)CCC(N)c1cc(Cl)ccc1F. The van der Waals surface area contributed by atoms with Crippen LogP contribution in [-0.2, 0) is 9.53 Å². The van der Waals surface area contributed by atoms with Crippen LogP contribution < -0.4 is 5.73 Å². The number of halogens is 2. The van der Waals surface area contributed by atoms with Crippen LogP contribution in [0.25, 0.3) is 0 Å². The number of hydrogen-bond donors (Lipinski definition) is 1. The summed E-state index contributed by atoms with van der Waals surface area (Å²) in [6.07, 6.45) is 0.480. The van der Waals surface area contributed by atoms with Crippen LogP contribution >= 0.6 is 11.6 Å². The molecule has 0 aromatic heterocycles. The average Bonchev–Trinajstić information content (AvgIpc) is 2.28. The molecule has 0 radical (unpaired) electrons. The molecule has 0 saturated heterocycles. The summed E-state index contributed by atoms with van der Waals surface area (Å²) in [6.45, 7) is 0. The number of methoxy groups -OCH3 is 1. The van der Waals surface area contributed by atoms with Gasteiger partial charge in [-0.05, 0) is 24.6 Å². The second-order valence-corrected chi connectivity index (χ2v) is 3.82. The Morgan fingerprint density at radius 3 is 2.94 bits per heavy atom. The van der Waals surface area contributed by atoms with Crippen LogP contribution in [0, 0.1) is 5.82 Å².